The molecule has 1 aromatic carbocycles. The lowest BCUT2D eigenvalue weighted by atomic mass is 10.0. The van der Waals surface area contributed by atoms with E-state index in [1.807, 2.05) is 42.1 Å². The Morgan fingerprint density at radius 2 is 2.00 bits per heavy atom. The third-order valence-corrected chi connectivity index (χ3v) is 3.46. The molecule has 2 aromatic heterocycles. The van der Waals surface area contributed by atoms with E-state index in [1.54, 1.807) is 12.4 Å². The zero-order valence-electron chi connectivity index (χ0n) is 11.4. The van der Waals surface area contributed by atoms with E-state index in [9.17, 15) is 5.11 Å². The van der Waals surface area contributed by atoms with Gasteiger partial charge in [-0.15, -0.1) is 0 Å². The molecule has 3 rings (SSSR count). The topological polar surface area (TPSA) is 50.9 Å². The summed E-state index contributed by atoms with van der Waals surface area (Å²) in [5.41, 5.74) is 3.08. The average Bonchev–Trinajstić information content (AvgIpc) is 2.77. The summed E-state index contributed by atoms with van der Waals surface area (Å²) in [4.78, 5) is 4.07. The maximum Gasteiger partial charge on any atom is 0.0729 e. The van der Waals surface area contributed by atoms with Crippen molar-refractivity contribution < 1.29 is 5.11 Å². The fourth-order valence-electron chi connectivity index (χ4n) is 2.53. The molecule has 0 aliphatic rings. The first-order valence-corrected chi connectivity index (χ1v) is 6.71. The first-order chi connectivity index (χ1) is 9.74. The van der Waals surface area contributed by atoms with Crippen LogP contribution in [0.4, 0.5) is 0 Å². The van der Waals surface area contributed by atoms with E-state index in [1.165, 1.54) is 0 Å². The van der Waals surface area contributed by atoms with Crippen LogP contribution in [0.3, 0.4) is 0 Å². The van der Waals surface area contributed by atoms with E-state index in [0.717, 1.165) is 22.2 Å². The zero-order chi connectivity index (χ0) is 13.9. The van der Waals surface area contributed by atoms with Crippen LogP contribution in [-0.2, 0) is 19.9 Å². The molecule has 4 nitrogen and oxygen atoms in total. The van der Waals surface area contributed by atoms with Crippen LogP contribution < -0.4 is 0 Å². The number of pyridine rings is 1. The second-order valence-corrected chi connectivity index (χ2v) is 5.01. The summed E-state index contributed by atoms with van der Waals surface area (Å²) < 4.78 is 1.86. The minimum atomic E-state index is -0.447. The number of hydrogen-bond acceptors (Lipinski definition) is 3. The Balaban J connectivity index is 1.79. The Morgan fingerprint density at radius 1 is 1.15 bits per heavy atom. The van der Waals surface area contributed by atoms with Crippen LogP contribution in [0.5, 0.6) is 0 Å². The second kappa shape index (κ2) is 5.43. The molecule has 0 spiro atoms. The number of aryl methyl sites for hydroxylation is 1. The van der Waals surface area contributed by atoms with Crippen molar-refractivity contribution in [2.24, 2.45) is 7.05 Å². The first-order valence-electron chi connectivity index (χ1n) is 6.71. The second-order valence-electron chi connectivity index (χ2n) is 5.01. The van der Waals surface area contributed by atoms with Crippen LogP contribution in [0.25, 0.3) is 10.9 Å². The van der Waals surface area contributed by atoms with Gasteiger partial charge in [0.15, 0.2) is 0 Å². The van der Waals surface area contributed by atoms with Crippen molar-refractivity contribution in [1.29, 1.82) is 0 Å². The molecule has 0 radical (unpaired) electrons. The van der Waals surface area contributed by atoms with Crippen LogP contribution in [0.1, 0.15) is 11.3 Å². The summed E-state index contributed by atoms with van der Waals surface area (Å²) in [6.45, 7) is 0. The third kappa shape index (κ3) is 2.56. The fourth-order valence-corrected chi connectivity index (χ4v) is 2.53. The number of aliphatic hydroxyl groups excluding tert-OH is 1. The van der Waals surface area contributed by atoms with Gasteiger partial charge in [0.05, 0.1) is 17.3 Å². The van der Waals surface area contributed by atoms with Crippen LogP contribution >= 0.6 is 0 Å². The molecule has 1 N–H and O–H groups in total. The molecule has 2 heterocycles. The SMILES string of the molecule is Cn1nc(CC(O)Cc2cccnc2)c2ccccc21. The van der Waals surface area contributed by atoms with Gasteiger partial charge in [-0.05, 0) is 17.7 Å². The maximum absolute atomic E-state index is 10.2. The molecule has 0 aliphatic heterocycles. The number of hydrogen-bond donors (Lipinski definition) is 1. The van der Waals surface area contributed by atoms with Gasteiger partial charge in [-0.25, -0.2) is 0 Å². The van der Waals surface area contributed by atoms with Gasteiger partial charge in [0.2, 0.25) is 0 Å². The Hall–Kier alpha value is -2.20. The number of rotatable bonds is 4. The number of fused-ring (bicyclic) bond motifs is 1. The summed E-state index contributed by atoms with van der Waals surface area (Å²) >= 11 is 0. The van der Waals surface area contributed by atoms with Crippen molar-refractivity contribution in [3.05, 3.63) is 60.0 Å². The van der Waals surface area contributed by atoms with Crippen molar-refractivity contribution in [3.8, 4) is 0 Å². The predicted molar refractivity (Wildman–Crippen MR) is 78.4 cm³/mol. The van der Waals surface area contributed by atoms with Gasteiger partial charge < -0.3 is 5.11 Å². The van der Waals surface area contributed by atoms with E-state index in [4.69, 9.17) is 0 Å². The van der Waals surface area contributed by atoms with Crippen molar-refractivity contribution >= 4 is 10.9 Å². The molecule has 0 aliphatic carbocycles. The highest BCUT2D eigenvalue weighted by Gasteiger charge is 2.13. The van der Waals surface area contributed by atoms with E-state index < -0.39 is 6.10 Å². The van der Waals surface area contributed by atoms with E-state index in [0.29, 0.717) is 12.8 Å². The van der Waals surface area contributed by atoms with Crippen LogP contribution in [-0.4, -0.2) is 26.0 Å². The summed E-state index contributed by atoms with van der Waals surface area (Å²) in [5.74, 6) is 0. The molecule has 0 fully saturated rings. The Kier molecular flexibility index (Phi) is 3.48. The summed E-state index contributed by atoms with van der Waals surface area (Å²) in [7, 11) is 1.93. The molecule has 0 saturated carbocycles. The molecule has 3 aromatic rings. The molecule has 0 amide bonds. The number of benzene rings is 1. The lowest BCUT2D eigenvalue weighted by molar-refractivity contribution is 0.174. The van der Waals surface area contributed by atoms with Crippen LogP contribution in [0, 0.1) is 0 Å². The number of aliphatic hydroxyl groups is 1. The van der Waals surface area contributed by atoms with Gasteiger partial charge in [0.25, 0.3) is 0 Å². The maximum atomic E-state index is 10.2. The van der Waals surface area contributed by atoms with Gasteiger partial charge in [0, 0.05) is 37.7 Å². The average molecular weight is 267 g/mol. The minimum Gasteiger partial charge on any atom is -0.392 e. The normalized spacial score (nSPS) is 12.7. The highest BCUT2D eigenvalue weighted by molar-refractivity contribution is 5.81. The monoisotopic (exact) mass is 267 g/mol. The van der Waals surface area contributed by atoms with Gasteiger partial charge in [0.1, 0.15) is 0 Å². The van der Waals surface area contributed by atoms with Crippen LogP contribution in [0.15, 0.2) is 48.8 Å². The lowest BCUT2D eigenvalue weighted by Gasteiger charge is -2.08. The molecular formula is C16H17N3O. The standard InChI is InChI=1S/C16H17N3O/c1-19-16-7-3-2-6-14(16)15(18-19)10-13(20)9-12-5-4-8-17-11-12/h2-8,11,13,20H,9-10H2,1H3. The molecule has 20 heavy (non-hydrogen) atoms. The zero-order valence-corrected chi connectivity index (χ0v) is 11.4. The predicted octanol–water partition coefficient (Wildman–Crippen LogP) is 2.11. The van der Waals surface area contributed by atoms with Gasteiger partial charge in [-0.3, -0.25) is 9.67 Å². The highest BCUT2D eigenvalue weighted by Crippen LogP contribution is 2.19. The molecular weight excluding hydrogens is 250 g/mol. The van der Waals surface area contributed by atoms with E-state index >= 15 is 0 Å². The molecule has 1 unspecified atom stereocenters. The van der Waals surface area contributed by atoms with Crippen molar-refractivity contribution in [3.63, 3.8) is 0 Å². The summed E-state index contributed by atoms with van der Waals surface area (Å²) in [5, 5.41) is 15.9. The molecule has 102 valence electrons. The Morgan fingerprint density at radius 3 is 2.80 bits per heavy atom. The molecule has 1 atom stereocenters. The molecule has 0 saturated heterocycles. The smallest absolute Gasteiger partial charge is 0.0729 e. The van der Waals surface area contributed by atoms with E-state index in [2.05, 4.69) is 16.1 Å². The van der Waals surface area contributed by atoms with Gasteiger partial charge >= 0.3 is 0 Å². The van der Waals surface area contributed by atoms with Gasteiger partial charge in [-0.1, -0.05) is 24.3 Å². The van der Waals surface area contributed by atoms with Crippen molar-refractivity contribution in [1.82, 2.24) is 14.8 Å². The van der Waals surface area contributed by atoms with Crippen LogP contribution in [0.2, 0.25) is 0 Å². The minimum absolute atomic E-state index is 0.447. The van der Waals surface area contributed by atoms with E-state index in [-0.39, 0.29) is 0 Å². The summed E-state index contributed by atoms with van der Waals surface area (Å²) in [6.07, 6.45) is 4.23. The molecule has 0 bridgehead atoms. The lowest BCUT2D eigenvalue weighted by Crippen LogP contribution is -2.14. The number of aromatic nitrogens is 3. The Bertz CT molecular complexity index is 706. The third-order valence-electron chi connectivity index (χ3n) is 3.46. The highest BCUT2D eigenvalue weighted by atomic mass is 16.3. The molecule has 4 heteroatoms. The van der Waals surface area contributed by atoms with Crippen molar-refractivity contribution in [2.75, 3.05) is 0 Å². The number of nitrogens with zero attached hydrogens (tertiary/aromatic N) is 3. The largest absolute Gasteiger partial charge is 0.392 e. The van der Waals surface area contributed by atoms with Gasteiger partial charge in [-0.2, -0.15) is 5.10 Å². The summed E-state index contributed by atoms with van der Waals surface area (Å²) in [6, 6.07) is 12.0. The number of para-hydroxylation sites is 1. The Labute approximate surface area is 117 Å². The fraction of sp³-hybridized carbons (Fsp3) is 0.250. The van der Waals surface area contributed by atoms with Crippen molar-refractivity contribution in [2.45, 2.75) is 18.9 Å². The first kappa shape index (κ1) is 12.8. The quantitative estimate of drug-likeness (QED) is 0.787.